The minimum atomic E-state index is 0.0323. The fourth-order valence-electron chi connectivity index (χ4n) is 2.32. The van der Waals surface area contributed by atoms with Crippen LogP contribution in [0.3, 0.4) is 0 Å². The highest BCUT2D eigenvalue weighted by Crippen LogP contribution is 2.30. The number of hydrogen-bond donors (Lipinski definition) is 1. The van der Waals surface area contributed by atoms with Crippen molar-refractivity contribution in [3.63, 3.8) is 0 Å². The maximum Gasteiger partial charge on any atom is 0.136 e. The molecule has 0 fully saturated rings. The molecule has 3 rings (SSSR count). The molecule has 0 amide bonds. The van der Waals surface area contributed by atoms with E-state index >= 15 is 0 Å². The molecule has 0 saturated carbocycles. The van der Waals surface area contributed by atoms with Gasteiger partial charge >= 0.3 is 0 Å². The third-order valence-corrected chi connectivity index (χ3v) is 4.60. The number of aryl methyl sites for hydroxylation is 2. The summed E-state index contributed by atoms with van der Waals surface area (Å²) in [7, 11) is 2.01. The van der Waals surface area contributed by atoms with Crippen molar-refractivity contribution in [1.29, 1.82) is 0 Å². The number of hydrogen-bond acceptors (Lipinski definition) is 3. The van der Waals surface area contributed by atoms with E-state index in [1.165, 1.54) is 4.88 Å². The Hall–Kier alpha value is -1.78. The fourth-order valence-corrected chi connectivity index (χ4v) is 3.32. The summed E-state index contributed by atoms with van der Waals surface area (Å²) >= 11 is 7.76. The molecule has 1 N–H and O–H groups in total. The zero-order chi connectivity index (χ0) is 14.8. The number of nitrogens with zero attached hydrogens (tertiary/aromatic N) is 2. The Balaban J connectivity index is 1.99. The minimum absolute atomic E-state index is 0.0323. The Kier molecular flexibility index (Phi) is 3.99. The van der Waals surface area contributed by atoms with Crippen LogP contribution < -0.4 is 5.32 Å². The number of benzene rings is 1. The number of aromatic nitrogens is 2. The van der Waals surface area contributed by atoms with Gasteiger partial charge in [0.05, 0.1) is 0 Å². The van der Waals surface area contributed by atoms with Gasteiger partial charge in [-0.3, -0.25) is 0 Å². The van der Waals surface area contributed by atoms with Crippen LogP contribution in [-0.4, -0.2) is 9.55 Å². The van der Waals surface area contributed by atoms with Gasteiger partial charge in [-0.2, -0.15) is 0 Å². The van der Waals surface area contributed by atoms with Crippen molar-refractivity contribution in [2.75, 3.05) is 5.32 Å². The van der Waals surface area contributed by atoms with Crippen LogP contribution in [0, 0.1) is 6.92 Å². The Morgan fingerprint density at radius 1 is 1.33 bits per heavy atom. The first-order valence-corrected chi connectivity index (χ1v) is 7.94. The van der Waals surface area contributed by atoms with E-state index in [0.717, 1.165) is 22.1 Å². The second-order valence-electron chi connectivity index (χ2n) is 4.95. The van der Waals surface area contributed by atoms with Crippen molar-refractivity contribution in [3.05, 3.63) is 69.4 Å². The van der Waals surface area contributed by atoms with Gasteiger partial charge in [-0.05, 0) is 42.1 Å². The molecule has 0 aliphatic heterocycles. The van der Waals surface area contributed by atoms with Crippen molar-refractivity contribution in [2.45, 2.75) is 13.0 Å². The number of thiophene rings is 1. The molecule has 3 nitrogen and oxygen atoms in total. The normalized spacial score (nSPS) is 12.3. The molecule has 1 unspecified atom stereocenters. The fraction of sp³-hybridized carbons (Fsp3) is 0.188. The molecule has 0 aliphatic rings. The van der Waals surface area contributed by atoms with Crippen LogP contribution in [0.4, 0.5) is 5.69 Å². The highest BCUT2D eigenvalue weighted by molar-refractivity contribution is 7.10. The van der Waals surface area contributed by atoms with E-state index in [1.807, 2.05) is 42.2 Å². The third-order valence-electron chi connectivity index (χ3n) is 3.43. The molecule has 21 heavy (non-hydrogen) atoms. The zero-order valence-electron chi connectivity index (χ0n) is 11.9. The largest absolute Gasteiger partial charge is 0.371 e. The second-order valence-corrected chi connectivity index (χ2v) is 6.36. The highest BCUT2D eigenvalue weighted by atomic mass is 35.5. The number of rotatable bonds is 4. The van der Waals surface area contributed by atoms with Gasteiger partial charge in [-0.25, -0.2) is 4.98 Å². The quantitative estimate of drug-likeness (QED) is 0.759. The Morgan fingerprint density at radius 3 is 2.81 bits per heavy atom. The summed E-state index contributed by atoms with van der Waals surface area (Å²) in [6.07, 6.45) is 3.79. The SMILES string of the molecule is Cc1cc(Cl)ccc1NC(c1cccs1)c1nccn1C. The number of nitrogens with one attached hydrogen (secondary N) is 1. The van der Waals surface area contributed by atoms with Gasteiger partial charge in [-0.1, -0.05) is 17.7 Å². The van der Waals surface area contributed by atoms with Crippen molar-refractivity contribution in [2.24, 2.45) is 7.05 Å². The Morgan fingerprint density at radius 2 is 2.19 bits per heavy atom. The molecular weight excluding hydrogens is 302 g/mol. The van der Waals surface area contributed by atoms with E-state index in [9.17, 15) is 0 Å². The maximum absolute atomic E-state index is 6.04. The molecule has 1 aromatic carbocycles. The zero-order valence-corrected chi connectivity index (χ0v) is 13.4. The topological polar surface area (TPSA) is 29.9 Å². The highest BCUT2D eigenvalue weighted by Gasteiger charge is 2.19. The molecular formula is C16H16ClN3S. The van der Waals surface area contributed by atoms with Crippen molar-refractivity contribution in [1.82, 2.24) is 9.55 Å². The summed E-state index contributed by atoms with van der Waals surface area (Å²) in [5, 5.41) is 6.43. The molecule has 1 atom stereocenters. The second kappa shape index (κ2) is 5.92. The van der Waals surface area contributed by atoms with Gasteiger partial charge in [-0.15, -0.1) is 11.3 Å². The number of halogens is 1. The molecule has 3 aromatic rings. The van der Waals surface area contributed by atoms with Crippen LogP contribution in [0.25, 0.3) is 0 Å². The van der Waals surface area contributed by atoms with Gasteiger partial charge in [0.15, 0.2) is 0 Å². The van der Waals surface area contributed by atoms with Gasteiger partial charge in [0.25, 0.3) is 0 Å². The number of anilines is 1. The summed E-state index contributed by atoms with van der Waals surface area (Å²) in [5.41, 5.74) is 2.19. The smallest absolute Gasteiger partial charge is 0.136 e. The number of imidazole rings is 1. The summed E-state index contributed by atoms with van der Waals surface area (Å²) < 4.78 is 2.04. The van der Waals surface area contributed by atoms with Gasteiger partial charge in [0.2, 0.25) is 0 Å². The van der Waals surface area contributed by atoms with Crippen LogP contribution in [0.15, 0.2) is 48.1 Å². The molecule has 2 heterocycles. The Labute approximate surface area is 133 Å². The first-order valence-electron chi connectivity index (χ1n) is 6.68. The van der Waals surface area contributed by atoms with E-state index in [2.05, 4.69) is 34.7 Å². The summed E-state index contributed by atoms with van der Waals surface area (Å²) in [6, 6.07) is 10.1. The predicted molar refractivity (Wildman–Crippen MR) is 89.2 cm³/mol. The molecule has 108 valence electrons. The standard InChI is InChI=1S/C16H16ClN3S/c1-11-10-12(17)5-6-13(11)19-15(14-4-3-9-21-14)16-18-7-8-20(16)2/h3-10,15,19H,1-2H3. The van der Waals surface area contributed by atoms with E-state index < -0.39 is 0 Å². The van der Waals surface area contributed by atoms with E-state index in [4.69, 9.17) is 11.6 Å². The maximum atomic E-state index is 6.04. The van der Waals surface area contributed by atoms with Crippen LogP contribution in [0.1, 0.15) is 22.3 Å². The average molecular weight is 318 g/mol. The van der Waals surface area contributed by atoms with Gasteiger partial charge < -0.3 is 9.88 Å². The van der Waals surface area contributed by atoms with Crippen LogP contribution in [0.5, 0.6) is 0 Å². The van der Waals surface area contributed by atoms with E-state index in [-0.39, 0.29) is 6.04 Å². The first kappa shape index (κ1) is 14.2. The lowest BCUT2D eigenvalue weighted by atomic mass is 10.1. The summed E-state index contributed by atoms with van der Waals surface area (Å²) in [5.74, 6) is 0.992. The van der Waals surface area contributed by atoms with Gasteiger partial charge in [0.1, 0.15) is 11.9 Å². The molecule has 0 saturated heterocycles. The van der Waals surface area contributed by atoms with Crippen molar-refractivity contribution in [3.8, 4) is 0 Å². The summed E-state index contributed by atoms with van der Waals surface area (Å²) in [4.78, 5) is 5.73. The van der Waals surface area contributed by atoms with E-state index in [1.54, 1.807) is 11.3 Å². The molecule has 0 radical (unpaired) electrons. The van der Waals surface area contributed by atoms with Crippen LogP contribution >= 0.6 is 22.9 Å². The lowest BCUT2D eigenvalue weighted by Gasteiger charge is -2.20. The minimum Gasteiger partial charge on any atom is -0.371 e. The molecule has 5 heteroatoms. The molecule has 0 bridgehead atoms. The lowest BCUT2D eigenvalue weighted by Crippen LogP contribution is -2.16. The molecule has 0 aliphatic carbocycles. The van der Waals surface area contributed by atoms with Crippen molar-refractivity contribution >= 4 is 28.6 Å². The predicted octanol–water partition coefficient (Wildman–Crippen LogP) is 4.64. The van der Waals surface area contributed by atoms with Crippen LogP contribution in [0.2, 0.25) is 5.02 Å². The van der Waals surface area contributed by atoms with E-state index in [0.29, 0.717) is 0 Å². The molecule has 0 spiro atoms. The van der Waals surface area contributed by atoms with Gasteiger partial charge in [0, 0.05) is 35.0 Å². The van der Waals surface area contributed by atoms with Crippen molar-refractivity contribution < 1.29 is 0 Å². The third kappa shape index (κ3) is 2.96. The first-order chi connectivity index (χ1) is 10.1. The lowest BCUT2D eigenvalue weighted by molar-refractivity contribution is 0.756. The monoisotopic (exact) mass is 317 g/mol. The average Bonchev–Trinajstić information content (AvgIpc) is 3.10. The van der Waals surface area contributed by atoms with Crippen LogP contribution in [-0.2, 0) is 7.05 Å². The Bertz CT molecular complexity index is 734. The molecule has 2 aromatic heterocycles. The summed E-state index contributed by atoms with van der Waals surface area (Å²) in [6.45, 7) is 2.05.